The van der Waals surface area contributed by atoms with Gasteiger partial charge in [-0.05, 0) is 23.1 Å². The van der Waals surface area contributed by atoms with Gasteiger partial charge in [0.05, 0.1) is 6.54 Å². The van der Waals surface area contributed by atoms with E-state index in [1.807, 2.05) is 54.6 Å². The first-order chi connectivity index (χ1) is 14.7. The molecule has 0 fully saturated rings. The third-order valence-corrected chi connectivity index (χ3v) is 4.46. The van der Waals surface area contributed by atoms with Gasteiger partial charge in [-0.1, -0.05) is 54.6 Å². The van der Waals surface area contributed by atoms with E-state index in [9.17, 15) is 9.59 Å². The summed E-state index contributed by atoms with van der Waals surface area (Å²) >= 11 is 0. The van der Waals surface area contributed by atoms with Gasteiger partial charge in [-0.2, -0.15) is 5.10 Å². The van der Waals surface area contributed by atoms with Crippen molar-refractivity contribution in [1.82, 2.24) is 25.4 Å². The summed E-state index contributed by atoms with van der Waals surface area (Å²) in [5.41, 5.74) is 3.03. The number of carbonyl (C=O) groups excluding carboxylic acids is 2. The molecule has 1 aromatic heterocycles. The van der Waals surface area contributed by atoms with Gasteiger partial charge in [0.15, 0.2) is 0 Å². The number of benzene rings is 2. The molecule has 0 saturated carbocycles. The molecule has 0 aliphatic carbocycles. The van der Waals surface area contributed by atoms with E-state index in [1.165, 1.54) is 6.33 Å². The molecule has 1 heterocycles. The molecule has 156 valence electrons. The van der Waals surface area contributed by atoms with Crippen LogP contribution in [-0.2, 0) is 29.2 Å². The number of aromatic nitrogens is 3. The minimum atomic E-state index is -0.485. The van der Waals surface area contributed by atoms with Crippen LogP contribution in [0.25, 0.3) is 0 Å². The van der Waals surface area contributed by atoms with Crippen molar-refractivity contribution in [3.05, 3.63) is 83.9 Å². The fourth-order valence-corrected chi connectivity index (χ4v) is 2.87. The average Bonchev–Trinajstić information content (AvgIpc) is 3.28. The van der Waals surface area contributed by atoms with Crippen LogP contribution in [0, 0.1) is 0 Å². The van der Waals surface area contributed by atoms with E-state index < -0.39 is 6.09 Å². The molecule has 3 rings (SSSR count). The molecule has 0 aliphatic heterocycles. The fourth-order valence-electron chi connectivity index (χ4n) is 2.87. The van der Waals surface area contributed by atoms with Crippen molar-refractivity contribution in [1.29, 1.82) is 0 Å². The summed E-state index contributed by atoms with van der Waals surface area (Å²) in [5, 5.41) is 9.70. The first kappa shape index (κ1) is 21.0. The molecule has 0 spiro atoms. The Labute approximate surface area is 175 Å². The van der Waals surface area contributed by atoms with E-state index in [0.717, 1.165) is 16.7 Å². The van der Waals surface area contributed by atoms with Crippen molar-refractivity contribution in [2.75, 3.05) is 6.54 Å². The Balaban J connectivity index is 1.32. The third-order valence-electron chi connectivity index (χ3n) is 4.46. The summed E-state index contributed by atoms with van der Waals surface area (Å²) in [6.45, 7) is 1.64. The first-order valence-corrected chi connectivity index (χ1v) is 9.81. The summed E-state index contributed by atoms with van der Waals surface area (Å²) in [4.78, 5) is 27.8. The SMILES string of the molecule is O=C(CCCNC(=O)OCc1ccccc1)NCc1ccccc1Cn1cncn1. The maximum absolute atomic E-state index is 12.1. The van der Waals surface area contributed by atoms with Crippen molar-refractivity contribution in [3.63, 3.8) is 0 Å². The highest BCUT2D eigenvalue weighted by Gasteiger charge is 2.07. The Morgan fingerprint density at radius 3 is 2.50 bits per heavy atom. The Bertz CT molecular complexity index is 929. The van der Waals surface area contributed by atoms with Gasteiger partial charge < -0.3 is 15.4 Å². The van der Waals surface area contributed by atoms with Crippen molar-refractivity contribution in [2.45, 2.75) is 32.5 Å². The lowest BCUT2D eigenvalue weighted by atomic mass is 10.1. The van der Waals surface area contributed by atoms with E-state index in [0.29, 0.717) is 32.5 Å². The third kappa shape index (κ3) is 7.05. The summed E-state index contributed by atoms with van der Waals surface area (Å²) in [5.74, 6) is -0.0648. The summed E-state index contributed by atoms with van der Waals surface area (Å²) in [6, 6.07) is 17.4. The van der Waals surface area contributed by atoms with Crippen molar-refractivity contribution in [2.24, 2.45) is 0 Å². The van der Waals surface area contributed by atoms with Gasteiger partial charge in [0.2, 0.25) is 5.91 Å². The molecule has 8 heteroatoms. The zero-order valence-corrected chi connectivity index (χ0v) is 16.7. The number of rotatable bonds is 10. The topological polar surface area (TPSA) is 98.1 Å². The normalized spacial score (nSPS) is 10.4. The smallest absolute Gasteiger partial charge is 0.407 e. The summed E-state index contributed by atoms with van der Waals surface area (Å²) in [6.07, 6.45) is 3.53. The predicted molar refractivity (Wildman–Crippen MR) is 111 cm³/mol. The standard InChI is InChI=1S/C22H25N5O3/c28-21(11-6-12-24-22(29)30-15-18-7-2-1-3-8-18)25-13-19-9-4-5-10-20(19)14-27-17-23-16-26-27/h1-5,7-10,16-17H,6,11-15H2,(H,24,29)(H,25,28). The second kappa shape index (κ2) is 11.4. The lowest BCUT2D eigenvalue weighted by Gasteiger charge is -2.11. The predicted octanol–water partition coefficient (Wildman–Crippen LogP) is 2.65. The molecule has 0 bridgehead atoms. The minimum Gasteiger partial charge on any atom is -0.445 e. The Morgan fingerprint density at radius 2 is 1.73 bits per heavy atom. The van der Waals surface area contributed by atoms with Crippen LogP contribution in [0.3, 0.4) is 0 Å². The molecule has 0 unspecified atom stereocenters. The fraction of sp³-hybridized carbons (Fsp3) is 0.273. The molecule has 2 N–H and O–H groups in total. The highest BCUT2D eigenvalue weighted by atomic mass is 16.5. The van der Waals surface area contributed by atoms with Gasteiger partial charge in [-0.25, -0.2) is 14.5 Å². The van der Waals surface area contributed by atoms with Gasteiger partial charge in [-0.15, -0.1) is 0 Å². The average molecular weight is 407 g/mol. The zero-order chi connectivity index (χ0) is 21.0. The summed E-state index contributed by atoms with van der Waals surface area (Å²) in [7, 11) is 0. The molecule has 3 aromatic rings. The zero-order valence-electron chi connectivity index (χ0n) is 16.7. The van der Waals surface area contributed by atoms with E-state index >= 15 is 0 Å². The molecule has 0 aliphatic rings. The molecule has 2 amide bonds. The lowest BCUT2D eigenvalue weighted by molar-refractivity contribution is -0.121. The molecule has 8 nitrogen and oxygen atoms in total. The highest BCUT2D eigenvalue weighted by Crippen LogP contribution is 2.10. The Morgan fingerprint density at radius 1 is 0.967 bits per heavy atom. The van der Waals surface area contributed by atoms with Gasteiger partial charge in [0.25, 0.3) is 0 Å². The van der Waals surface area contributed by atoms with Crippen LogP contribution in [0.1, 0.15) is 29.5 Å². The van der Waals surface area contributed by atoms with E-state index in [1.54, 1.807) is 11.0 Å². The lowest BCUT2D eigenvalue weighted by Crippen LogP contribution is -2.28. The van der Waals surface area contributed by atoms with Gasteiger partial charge in [0, 0.05) is 19.5 Å². The number of hydrogen-bond donors (Lipinski definition) is 2. The molecular weight excluding hydrogens is 382 g/mol. The monoisotopic (exact) mass is 407 g/mol. The van der Waals surface area contributed by atoms with Crippen LogP contribution in [0.5, 0.6) is 0 Å². The van der Waals surface area contributed by atoms with E-state index in [4.69, 9.17) is 4.74 Å². The van der Waals surface area contributed by atoms with Crippen LogP contribution < -0.4 is 10.6 Å². The first-order valence-electron chi connectivity index (χ1n) is 9.81. The molecule has 0 saturated heterocycles. The van der Waals surface area contributed by atoms with Gasteiger partial charge in [0.1, 0.15) is 19.3 Å². The van der Waals surface area contributed by atoms with Crippen molar-refractivity contribution < 1.29 is 14.3 Å². The van der Waals surface area contributed by atoms with Crippen molar-refractivity contribution in [3.8, 4) is 0 Å². The van der Waals surface area contributed by atoms with Crippen LogP contribution in [-0.4, -0.2) is 33.3 Å². The van der Waals surface area contributed by atoms with Gasteiger partial charge in [-0.3, -0.25) is 4.79 Å². The minimum absolute atomic E-state index is 0.0648. The molecule has 0 atom stereocenters. The second-order valence-corrected chi connectivity index (χ2v) is 6.73. The van der Waals surface area contributed by atoms with E-state index in [-0.39, 0.29) is 12.5 Å². The molecule has 0 radical (unpaired) electrons. The van der Waals surface area contributed by atoms with Crippen molar-refractivity contribution >= 4 is 12.0 Å². The number of hydrogen-bond acceptors (Lipinski definition) is 5. The Kier molecular flexibility index (Phi) is 7.96. The number of alkyl carbamates (subject to hydrolysis) is 1. The quantitative estimate of drug-likeness (QED) is 0.504. The number of amides is 2. The van der Waals surface area contributed by atoms with E-state index in [2.05, 4.69) is 20.7 Å². The van der Waals surface area contributed by atoms with Gasteiger partial charge >= 0.3 is 6.09 Å². The maximum Gasteiger partial charge on any atom is 0.407 e. The Hall–Kier alpha value is -3.68. The van der Waals surface area contributed by atoms with Crippen LogP contribution in [0.4, 0.5) is 4.79 Å². The number of ether oxygens (including phenoxy) is 1. The maximum atomic E-state index is 12.1. The number of nitrogens with zero attached hydrogens (tertiary/aromatic N) is 3. The molecular formula is C22H25N5O3. The number of nitrogens with one attached hydrogen (secondary N) is 2. The second-order valence-electron chi connectivity index (χ2n) is 6.73. The molecule has 2 aromatic carbocycles. The van der Waals surface area contributed by atoms with Crippen LogP contribution in [0.2, 0.25) is 0 Å². The largest absolute Gasteiger partial charge is 0.445 e. The van der Waals surface area contributed by atoms with Crippen LogP contribution >= 0.6 is 0 Å². The number of carbonyl (C=O) groups is 2. The summed E-state index contributed by atoms with van der Waals surface area (Å²) < 4.78 is 6.87. The highest BCUT2D eigenvalue weighted by molar-refractivity contribution is 5.76. The molecule has 30 heavy (non-hydrogen) atoms. The van der Waals surface area contributed by atoms with Crippen LogP contribution in [0.15, 0.2) is 67.3 Å².